The van der Waals surface area contributed by atoms with Gasteiger partial charge in [-0.3, -0.25) is 9.69 Å². The van der Waals surface area contributed by atoms with Crippen molar-refractivity contribution < 1.29 is 18.0 Å². The highest BCUT2D eigenvalue weighted by Crippen LogP contribution is 2.32. The topological polar surface area (TPSA) is 99.1 Å². The molecular formula is C18H17F3N6O. The van der Waals surface area contributed by atoms with E-state index in [0.717, 1.165) is 12.1 Å². The van der Waals surface area contributed by atoms with Gasteiger partial charge in [-0.05, 0) is 12.1 Å². The number of halogens is 3. The summed E-state index contributed by atoms with van der Waals surface area (Å²) < 4.78 is 39.0. The standard InChI is InChI=1S/C18H17F3N6O/c19-18(20,21)13-3-1-2-12(8-13)14-9-17(25-16(10-22)24-14)27-6-4-26(5-7-27)11-15(23)28/h1-3,8-9H,4-7,11H2,(H2,23,28). The second-order valence-corrected chi connectivity index (χ2v) is 6.35. The predicted molar refractivity (Wildman–Crippen MR) is 95.0 cm³/mol. The normalized spacial score (nSPS) is 15.3. The maximum Gasteiger partial charge on any atom is 0.416 e. The first-order valence-corrected chi connectivity index (χ1v) is 8.48. The Labute approximate surface area is 159 Å². The largest absolute Gasteiger partial charge is 0.416 e. The van der Waals surface area contributed by atoms with Gasteiger partial charge < -0.3 is 10.6 Å². The van der Waals surface area contributed by atoms with Gasteiger partial charge in [-0.15, -0.1) is 0 Å². The molecule has 3 rings (SSSR count). The Morgan fingerprint density at radius 2 is 1.89 bits per heavy atom. The van der Waals surface area contributed by atoms with Gasteiger partial charge in [0, 0.05) is 37.8 Å². The third-order valence-corrected chi connectivity index (χ3v) is 4.37. The molecule has 0 bridgehead atoms. The quantitative estimate of drug-likeness (QED) is 0.852. The van der Waals surface area contributed by atoms with Gasteiger partial charge in [0.15, 0.2) is 0 Å². The number of nitriles is 1. The van der Waals surface area contributed by atoms with Gasteiger partial charge in [-0.1, -0.05) is 12.1 Å². The van der Waals surface area contributed by atoms with Crippen LogP contribution in [-0.4, -0.2) is 53.5 Å². The van der Waals surface area contributed by atoms with Crippen LogP contribution in [0.4, 0.5) is 19.0 Å². The number of hydrogen-bond acceptors (Lipinski definition) is 6. The lowest BCUT2D eigenvalue weighted by Crippen LogP contribution is -2.49. The molecule has 2 N–H and O–H groups in total. The zero-order valence-corrected chi connectivity index (χ0v) is 14.8. The third kappa shape index (κ3) is 4.55. The maximum absolute atomic E-state index is 13.0. The van der Waals surface area contributed by atoms with Crippen LogP contribution in [-0.2, 0) is 11.0 Å². The Hall–Kier alpha value is -3.19. The zero-order valence-electron chi connectivity index (χ0n) is 14.8. The van der Waals surface area contributed by atoms with E-state index < -0.39 is 17.6 Å². The highest BCUT2D eigenvalue weighted by Gasteiger charge is 2.30. The Morgan fingerprint density at radius 1 is 1.18 bits per heavy atom. The first-order chi connectivity index (χ1) is 13.3. The molecule has 2 heterocycles. The molecule has 1 saturated heterocycles. The Balaban J connectivity index is 1.88. The number of piperazine rings is 1. The molecule has 0 unspecified atom stereocenters. The summed E-state index contributed by atoms with van der Waals surface area (Å²) in [4.78, 5) is 23.1. The summed E-state index contributed by atoms with van der Waals surface area (Å²) in [6.45, 7) is 2.40. The van der Waals surface area contributed by atoms with Gasteiger partial charge in [0.25, 0.3) is 0 Å². The van der Waals surface area contributed by atoms with E-state index in [0.29, 0.717) is 32.0 Å². The van der Waals surface area contributed by atoms with Crippen LogP contribution >= 0.6 is 0 Å². The summed E-state index contributed by atoms with van der Waals surface area (Å²) in [5.74, 6) is -0.0729. The van der Waals surface area contributed by atoms with Crippen molar-refractivity contribution in [1.29, 1.82) is 5.26 Å². The molecule has 0 saturated carbocycles. The SMILES string of the molecule is N#Cc1nc(-c2cccc(C(F)(F)F)c2)cc(N2CCN(CC(N)=O)CC2)n1. The number of anilines is 1. The van der Waals surface area contributed by atoms with E-state index in [9.17, 15) is 23.2 Å². The first-order valence-electron chi connectivity index (χ1n) is 8.48. The molecule has 0 radical (unpaired) electrons. The average molecular weight is 390 g/mol. The molecule has 2 aromatic rings. The van der Waals surface area contributed by atoms with E-state index in [1.807, 2.05) is 15.9 Å². The minimum absolute atomic E-state index is 0.121. The van der Waals surface area contributed by atoms with Crippen LogP contribution in [0.1, 0.15) is 11.4 Å². The second-order valence-electron chi connectivity index (χ2n) is 6.35. The molecule has 0 aliphatic carbocycles. The van der Waals surface area contributed by atoms with Crippen molar-refractivity contribution in [2.24, 2.45) is 5.73 Å². The zero-order chi connectivity index (χ0) is 20.3. The minimum atomic E-state index is -4.47. The van der Waals surface area contributed by atoms with Crippen LogP contribution in [0.5, 0.6) is 0 Å². The number of primary amides is 1. The number of alkyl halides is 3. The monoisotopic (exact) mass is 390 g/mol. The molecular weight excluding hydrogens is 373 g/mol. The fourth-order valence-corrected chi connectivity index (χ4v) is 3.00. The van der Waals surface area contributed by atoms with Crippen molar-refractivity contribution in [3.8, 4) is 17.3 Å². The molecule has 0 spiro atoms. The summed E-state index contributed by atoms with van der Waals surface area (Å²) in [7, 11) is 0. The van der Waals surface area contributed by atoms with Crippen LogP contribution in [0.2, 0.25) is 0 Å². The smallest absolute Gasteiger partial charge is 0.369 e. The molecule has 10 heteroatoms. The van der Waals surface area contributed by atoms with Crippen molar-refractivity contribution in [3.05, 3.63) is 41.7 Å². The van der Waals surface area contributed by atoms with Crippen LogP contribution in [0.3, 0.4) is 0 Å². The van der Waals surface area contributed by atoms with Crippen LogP contribution < -0.4 is 10.6 Å². The fraction of sp³-hybridized carbons (Fsp3) is 0.333. The highest BCUT2D eigenvalue weighted by molar-refractivity contribution is 5.76. The molecule has 1 aromatic carbocycles. The minimum Gasteiger partial charge on any atom is -0.369 e. The number of nitrogens with two attached hydrogens (primary N) is 1. The lowest BCUT2D eigenvalue weighted by Gasteiger charge is -2.34. The van der Waals surface area contributed by atoms with Gasteiger partial charge >= 0.3 is 6.18 Å². The summed E-state index contributed by atoms with van der Waals surface area (Å²) in [6, 6.07) is 8.21. The number of hydrogen-bond donors (Lipinski definition) is 1. The predicted octanol–water partition coefficient (Wildman–Crippen LogP) is 1.64. The van der Waals surface area contributed by atoms with E-state index in [-0.39, 0.29) is 23.6 Å². The van der Waals surface area contributed by atoms with E-state index in [2.05, 4.69) is 9.97 Å². The number of carbonyl (C=O) groups is 1. The summed E-state index contributed by atoms with van der Waals surface area (Å²) >= 11 is 0. The van der Waals surface area contributed by atoms with Crippen molar-refractivity contribution in [2.75, 3.05) is 37.6 Å². The van der Waals surface area contributed by atoms with Crippen molar-refractivity contribution in [3.63, 3.8) is 0 Å². The summed E-state index contributed by atoms with van der Waals surface area (Å²) in [6.07, 6.45) is -4.47. The Bertz CT molecular complexity index is 916. The van der Waals surface area contributed by atoms with Gasteiger partial charge in [-0.25, -0.2) is 9.97 Å². The second kappa shape index (κ2) is 7.82. The van der Waals surface area contributed by atoms with Gasteiger partial charge in [-0.2, -0.15) is 18.4 Å². The van der Waals surface area contributed by atoms with E-state index in [1.165, 1.54) is 12.1 Å². The first kappa shape index (κ1) is 19.6. The number of nitrogens with zero attached hydrogens (tertiary/aromatic N) is 5. The number of rotatable bonds is 4. The molecule has 28 heavy (non-hydrogen) atoms. The Morgan fingerprint density at radius 3 is 2.50 bits per heavy atom. The van der Waals surface area contributed by atoms with Crippen LogP contribution in [0.25, 0.3) is 11.3 Å². The van der Waals surface area contributed by atoms with Crippen molar-refractivity contribution in [2.45, 2.75) is 6.18 Å². The fourth-order valence-electron chi connectivity index (χ4n) is 3.00. The van der Waals surface area contributed by atoms with Crippen LogP contribution in [0, 0.1) is 11.3 Å². The highest BCUT2D eigenvalue weighted by atomic mass is 19.4. The average Bonchev–Trinajstić information content (AvgIpc) is 2.67. The van der Waals surface area contributed by atoms with E-state index in [4.69, 9.17) is 5.73 Å². The third-order valence-electron chi connectivity index (χ3n) is 4.37. The van der Waals surface area contributed by atoms with E-state index >= 15 is 0 Å². The number of benzene rings is 1. The number of aromatic nitrogens is 2. The number of carbonyl (C=O) groups excluding carboxylic acids is 1. The lowest BCUT2D eigenvalue weighted by atomic mass is 10.1. The molecule has 1 aliphatic rings. The van der Waals surface area contributed by atoms with E-state index in [1.54, 1.807) is 6.07 Å². The molecule has 1 aromatic heterocycles. The van der Waals surface area contributed by atoms with Gasteiger partial charge in [0.2, 0.25) is 11.7 Å². The lowest BCUT2D eigenvalue weighted by molar-refractivity contribution is -0.137. The van der Waals surface area contributed by atoms with Crippen LogP contribution in [0.15, 0.2) is 30.3 Å². The molecule has 0 atom stereocenters. The summed E-state index contributed by atoms with van der Waals surface area (Å²) in [5.41, 5.74) is 4.91. The molecule has 146 valence electrons. The Kier molecular flexibility index (Phi) is 5.46. The van der Waals surface area contributed by atoms with Gasteiger partial charge in [0.05, 0.1) is 17.8 Å². The molecule has 1 amide bonds. The van der Waals surface area contributed by atoms with Crippen molar-refractivity contribution in [1.82, 2.24) is 14.9 Å². The van der Waals surface area contributed by atoms with Crippen molar-refractivity contribution >= 4 is 11.7 Å². The molecule has 1 aliphatic heterocycles. The van der Waals surface area contributed by atoms with Gasteiger partial charge in [0.1, 0.15) is 11.9 Å². The molecule has 1 fully saturated rings. The summed E-state index contributed by atoms with van der Waals surface area (Å²) in [5, 5.41) is 9.22. The molecule has 7 nitrogen and oxygen atoms in total. The maximum atomic E-state index is 13.0. The number of amides is 1.